The van der Waals surface area contributed by atoms with Crippen molar-refractivity contribution >= 4 is 23.0 Å². The van der Waals surface area contributed by atoms with E-state index in [1.807, 2.05) is 12.1 Å². The minimum atomic E-state index is -0.162. The van der Waals surface area contributed by atoms with Crippen LogP contribution in [0, 0.1) is 0 Å². The van der Waals surface area contributed by atoms with Crippen LogP contribution in [0.4, 0.5) is 17.1 Å². The molecule has 4 fully saturated rings. The number of carbonyl (C=O) groups is 1. The van der Waals surface area contributed by atoms with Crippen LogP contribution < -0.4 is 16.8 Å². The molecule has 6 rings (SSSR count). The highest BCUT2D eigenvalue weighted by Gasteiger charge is 2.37. The van der Waals surface area contributed by atoms with Crippen molar-refractivity contribution in [2.24, 2.45) is 0 Å². The second-order valence-corrected chi connectivity index (χ2v) is 9.42. The van der Waals surface area contributed by atoms with Crippen molar-refractivity contribution in [2.45, 2.75) is 50.1 Å². The Morgan fingerprint density at radius 2 is 1.18 bits per heavy atom. The zero-order valence-corrected chi connectivity index (χ0v) is 18.5. The summed E-state index contributed by atoms with van der Waals surface area (Å²) in [6.45, 7) is 2.90. The summed E-state index contributed by atoms with van der Waals surface area (Å²) in [7, 11) is 0. The summed E-state index contributed by atoms with van der Waals surface area (Å²) in [6, 6.07) is 7.16. The number of nitrogens with one attached hydrogen (secondary N) is 1. The number of nitrogen functional groups attached to an aromatic ring is 2. The molecule has 8 heteroatoms. The van der Waals surface area contributed by atoms with Gasteiger partial charge in [-0.25, -0.2) is 0 Å². The third-order valence-corrected chi connectivity index (χ3v) is 6.71. The van der Waals surface area contributed by atoms with Crippen LogP contribution in [0.2, 0.25) is 0 Å². The van der Waals surface area contributed by atoms with Gasteiger partial charge in [-0.05, 0) is 46.5 Å². The summed E-state index contributed by atoms with van der Waals surface area (Å²) in [5, 5.41) is 3.06. The van der Waals surface area contributed by atoms with Gasteiger partial charge in [0.15, 0.2) is 0 Å². The monoisotopic (exact) mass is 451 g/mol. The van der Waals surface area contributed by atoms with Gasteiger partial charge < -0.3 is 35.7 Å². The van der Waals surface area contributed by atoms with Crippen molar-refractivity contribution in [3.05, 3.63) is 52.1 Å². The van der Waals surface area contributed by atoms with Crippen molar-refractivity contribution in [1.29, 1.82) is 0 Å². The summed E-state index contributed by atoms with van der Waals surface area (Å²) >= 11 is 0. The fraction of sp³-hybridized carbons (Fsp3) is 0.480. The second-order valence-electron chi connectivity index (χ2n) is 9.42. The average molecular weight is 452 g/mol. The lowest BCUT2D eigenvalue weighted by Gasteiger charge is -2.24. The number of nitrogens with two attached hydrogens (primary N) is 2. The average Bonchev–Trinajstić information content (AvgIpc) is 3.61. The molecule has 2 aromatic rings. The van der Waals surface area contributed by atoms with Gasteiger partial charge in [0.25, 0.3) is 5.91 Å². The van der Waals surface area contributed by atoms with Crippen LogP contribution in [-0.4, -0.2) is 56.8 Å². The number of hydrogen-bond donors (Lipinski definition) is 3. The normalized spacial score (nSPS) is 26.7. The van der Waals surface area contributed by atoms with E-state index in [1.165, 1.54) is 0 Å². The molecule has 0 radical (unpaired) electrons. The van der Waals surface area contributed by atoms with Crippen LogP contribution in [0.3, 0.4) is 0 Å². The number of ether oxygens (including phenoxy) is 4. The third kappa shape index (κ3) is 4.84. The first-order chi connectivity index (χ1) is 16.0. The van der Waals surface area contributed by atoms with Crippen LogP contribution >= 0.6 is 0 Å². The van der Waals surface area contributed by atoms with Crippen LogP contribution in [-0.2, 0) is 44.6 Å². The number of benzene rings is 2. The van der Waals surface area contributed by atoms with E-state index in [-0.39, 0.29) is 30.3 Å². The van der Waals surface area contributed by atoms with Gasteiger partial charge in [-0.3, -0.25) is 4.79 Å². The maximum atomic E-state index is 13.8. The first kappa shape index (κ1) is 20.9. The molecule has 4 aliphatic heterocycles. The highest BCUT2D eigenvalue weighted by molar-refractivity contribution is 6.08. The van der Waals surface area contributed by atoms with Gasteiger partial charge in [0.1, 0.15) is 0 Å². The Morgan fingerprint density at radius 1 is 0.727 bits per heavy atom. The zero-order chi connectivity index (χ0) is 22.5. The second kappa shape index (κ2) is 8.29. The Kier molecular flexibility index (Phi) is 5.25. The summed E-state index contributed by atoms with van der Waals surface area (Å²) in [5.41, 5.74) is 19.5. The molecule has 4 unspecified atom stereocenters. The summed E-state index contributed by atoms with van der Waals surface area (Å²) < 4.78 is 22.3. The van der Waals surface area contributed by atoms with Gasteiger partial charge in [-0.1, -0.05) is 0 Å². The number of hydrogen-bond acceptors (Lipinski definition) is 7. The maximum Gasteiger partial charge on any atom is 0.256 e. The molecule has 4 heterocycles. The Balaban J connectivity index is 1.46. The van der Waals surface area contributed by atoms with E-state index in [0.29, 0.717) is 48.7 Å². The van der Waals surface area contributed by atoms with E-state index < -0.39 is 0 Å². The molecule has 0 saturated carbocycles. The number of carbonyl (C=O) groups excluding carboxylic acids is 1. The van der Waals surface area contributed by atoms with Crippen LogP contribution in [0.25, 0.3) is 0 Å². The number of epoxide rings is 4. The Morgan fingerprint density at radius 3 is 1.70 bits per heavy atom. The first-order valence-electron chi connectivity index (χ1n) is 11.6. The fourth-order valence-corrected chi connectivity index (χ4v) is 4.60. The number of rotatable bonds is 10. The van der Waals surface area contributed by atoms with Gasteiger partial charge in [-0.15, -0.1) is 0 Å². The van der Waals surface area contributed by atoms with Crippen LogP contribution in [0.5, 0.6) is 0 Å². The molecule has 0 aliphatic carbocycles. The molecule has 0 spiro atoms. The van der Waals surface area contributed by atoms with Gasteiger partial charge in [0, 0.05) is 48.3 Å². The Labute approximate surface area is 192 Å². The molecule has 0 aromatic heterocycles. The van der Waals surface area contributed by atoms with Gasteiger partial charge in [0.2, 0.25) is 0 Å². The smallest absolute Gasteiger partial charge is 0.256 e. The van der Waals surface area contributed by atoms with E-state index in [0.717, 1.165) is 48.3 Å². The topological polar surface area (TPSA) is 131 Å². The van der Waals surface area contributed by atoms with E-state index in [2.05, 4.69) is 5.32 Å². The fourth-order valence-electron chi connectivity index (χ4n) is 4.60. The minimum Gasteiger partial charge on any atom is -0.399 e. The molecule has 4 saturated heterocycles. The van der Waals surface area contributed by atoms with Crippen LogP contribution in [0.1, 0.15) is 32.6 Å². The number of amides is 1. The summed E-state index contributed by atoms with van der Waals surface area (Å²) in [4.78, 5) is 13.8. The lowest BCUT2D eigenvalue weighted by molar-refractivity contribution is 0.102. The molecule has 4 atom stereocenters. The standard InChI is InChI=1S/C25H29N3O5/c26-13-1-3-14(4-2-13)28-25(29)23-20(6-16-10-31-16)19(5-15-9-30-15)21(7-17-11-32-17)24(27)22(23)8-18-12-33-18/h1-4,15-18H,5-12,26-27H2,(H,28,29). The van der Waals surface area contributed by atoms with Crippen molar-refractivity contribution in [1.82, 2.24) is 0 Å². The highest BCUT2D eigenvalue weighted by atomic mass is 16.6. The lowest BCUT2D eigenvalue weighted by atomic mass is 9.82. The minimum absolute atomic E-state index is 0.100. The van der Waals surface area contributed by atoms with Crippen molar-refractivity contribution in [3.63, 3.8) is 0 Å². The van der Waals surface area contributed by atoms with Crippen molar-refractivity contribution < 1.29 is 23.7 Å². The molecule has 2 aromatic carbocycles. The van der Waals surface area contributed by atoms with E-state index >= 15 is 0 Å². The molecule has 0 bridgehead atoms. The maximum absolute atomic E-state index is 13.8. The highest BCUT2D eigenvalue weighted by Crippen LogP contribution is 2.39. The van der Waals surface area contributed by atoms with Gasteiger partial charge in [0.05, 0.1) is 50.8 Å². The summed E-state index contributed by atoms with van der Waals surface area (Å²) in [5.74, 6) is -0.162. The Hall–Kier alpha value is -2.65. The predicted octanol–water partition coefficient (Wildman–Crippen LogP) is 1.87. The molecular formula is C25H29N3O5. The van der Waals surface area contributed by atoms with Crippen LogP contribution in [0.15, 0.2) is 24.3 Å². The Bertz CT molecular complexity index is 1070. The predicted molar refractivity (Wildman–Crippen MR) is 123 cm³/mol. The quantitative estimate of drug-likeness (QED) is 0.371. The third-order valence-electron chi connectivity index (χ3n) is 6.71. The first-order valence-corrected chi connectivity index (χ1v) is 11.6. The molecule has 174 valence electrons. The van der Waals surface area contributed by atoms with Gasteiger partial charge in [-0.2, -0.15) is 0 Å². The molecule has 8 nitrogen and oxygen atoms in total. The van der Waals surface area contributed by atoms with E-state index in [9.17, 15) is 4.79 Å². The SMILES string of the molecule is Nc1ccc(NC(=O)c2c(CC3CO3)c(N)c(CC3CO3)c(CC3CO3)c2CC2CO2)cc1. The molecule has 33 heavy (non-hydrogen) atoms. The van der Waals surface area contributed by atoms with Crippen molar-refractivity contribution in [3.8, 4) is 0 Å². The zero-order valence-electron chi connectivity index (χ0n) is 18.5. The molecular weight excluding hydrogens is 422 g/mol. The van der Waals surface area contributed by atoms with Crippen molar-refractivity contribution in [2.75, 3.05) is 43.2 Å². The molecule has 1 amide bonds. The van der Waals surface area contributed by atoms with E-state index in [4.69, 9.17) is 30.4 Å². The van der Waals surface area contributed by atoms with E-state index in [1.54, 1.807) is 12.1 Å². The molecule has 4 aliphatic rings. The van der Waals surface area contributed by atoms with Gasteiger partial charge >= 0.3 is 0 Å². The molecule has 5 N–H and O–H groups in total. The lowest BCUT2D eigenvalue weighted by Crippen LogP contribution is -2.24. The number of anilines is 3. The largest absolute Gasteiger partial charge is 0.399 e. The summed E-state index contributed by atoms with van der Waals surface area (Å²) in [6.07, 6.45) is 3.40.